The normalized spacial score (nSPS) is 10.8. The summed E-state index contributed by atoms with van der Waals surface area (Å²) in [5, 5.41) is 4.45. The quantitative estimate of drug-likeness (QED) is 0.680. The molecule has 0 saturated heterocycles. The van der Waals surface area contributed by atoms with Gasteiger partial charge in [0.1, 0.15) is 0 Å². The summed E-state index contributed by atoms with van der Waals surface area (Å²) >= 11 is 1.70. The van der Waals surface area contributed by atoms with Crippen molar-refractivity contribution in [2.24, 2.45) is 0 Å². The number of thiophene rings is 1. The molecule has 2 aromatic carbocycles. The first-order chi connectivity index (χ1) is 10.8. The predicted molar refractivity (Wildman–Crippen MR) is 93.1 cm³/mol. The Morgan fingerprint density at radius 2 is 1.86 bits per heavy atom. The number of fused-ring (bicyclic) bond motifs is 1. The van der Waals surface area contributed by atoms with E-state index in [-0.39, 0.29) is 5.91 Å². The van der Waals surface area contributed by atoms with Gasteiger partial charge in [-0.3, -0.25) is 4.79 Å². The molecule has 0 saturated carbocycles. The van der Waals surface area contributed by atoms with Gasteiger partial charge in [0.25, 0.3) is 0 Å². The number of carbonyl (C=O) groups excluding carboxylic acids is 1. The molecular formula is C19H19NOS. The zero-order valence-corrected chi connectivity index (χ0v) is 13.5. The fourth-order valence-corrected chi connectivity index (χ4v) is 3.32. The molecule has 0 unspecified atom stereocenters. The van der Waals surface area contributed by atoms with Crippen molar-refractivity contribution in [3.63, 3.8) is 0 Å². The summed E-state index contributed by atoms with van der Waals surface area (Å²) in [5.74, 6) is 0.186. The first kappa shape index (κ1) is 14.8. The fraction of sp³-hybridized carbons (Fsp3) is 0.211. The summed E-state index contributed by atoms with van der Waals surface area (Å²) in [4.78, 5) is 15.7. The van der Waals surface area contributed by atoms with Crippen molar-refractivity contribution in [2.45, 2.75) is 19.9 Å². The van der Waals surface area contributed by atoms with Gasteiger partial charge in [-0.1, -0.05) is 48.5 Å². The molecule has 0 bridgehead atoms. The molecule has 1 amide bonds. The number of amides is 1. The van der Waals surface area contributed by atoms with Crippen LogP contribution in [0, 0.1) is 0 Å². The lowest BCUT2D eigenvalue weighted by Crippen LogP contribution is -2.31. The Hall–Kier alpha value is -2.13. The van der Waals surface area contributed by atoms with Crippen LogP contribution in [0.3, 0.4) is 0 Å². The number of nitrogens with zero attached hydrogens (tertiary/aromatic N) is 1. The van der Waals surface area contributed by atoms with Crippen molar-refractivity contribution in [3.8, 4) is 0 Å². The third-order valence-electron chi connectivity index (χ3n) is 3.83. The molecule has 112 valence electrons. The minimum absolute atomic E-state index is 0.186. The van der Waals surface area contributed by atoms with Gasteiger partial charge in [-0.25, -0.2) is 0 Å². The molecule has 0 spiro atoms. The van der Waals surface area contributed by atoms with Crippen molar-refractivity contribution in [3.05, 3.63) is 70.4 Å². The van der Waals surface area contributed by atoms with Crippen molar-refractivity contribution in [1.29, 1.82) is 0 Å². The van der Waals surface area contributed by atoms with Gasteiger partial charge in [-0.2, -0.15) is 0 Å². The highest BCUT2D eigenvalue weighted by Crippen LogP contribution is 2.17. The molecular weight excluding hydrogens is 290 g/mol. The Bertz CT molecular complexity index is 764. The number of hydrogen-bond acceptors (Lipinski definition) is 2. The van der Waals surface area contributed by atoms with E-state index in [0.717, 1.165) is 12.1 Å². The van der Waals surface area contributed by atoms with Gasteiger partial charge in [0.05, 0.1) is 13.0 Å². The molecule has 0 aliphatic heterocycles. The Kier molecular flexibility index (Phi) is 4.54. The van der Waals surface area contributed by atoms with Crippen LogP contribution in [0.4, 0.5) is 0 Å². The lowest BCUT2D eigenvalue weighted by atomic mass is 10.0. The summed E-state index contributed by atoms with van der Waals surface area (Å²) in [7, 11) is 0. The van der Waals surface area contributed by atoms with Gasteiger partial charge in [-0.05, 0) is 34.7 Å². The zero-order chi connectivity index (χ0) is 15.4. The van der Waals surface area contributed by atoms with E-state index in [9.17, 15) is 4.79 Å². The second-order valence-electron chi connectivity index (χ2n) is 5.35. The first-order valence-corrected chi connectivity index (χ1v) is 8.42. The average Bonchev–Trinajstić information content (AvgIpc) is 3.05. The van der Waals surface area contributed by atoms with Gasteiger partial charge in [0, 0.05) is 11.4 Å². The Morgan fingerprint density at radius 3 is 2.59 bits per heavy atom. The maximum Gasteiger partial charge on any atom is 0.227 e. The summed E-state index contributed by atoms with van der Waals surface area (Å²) < 4.78 is 0. The van der Waals surface area contributed by atoms with Crippen LogP contribution >= 0.6 is 11.3 Å². The molecule has 3 rings (SSSR count). The molecule has 2 nitrogen and oxygen atoms in total. The van der Waals surface area contributed by atoms with E-state index in [1.54, 1.807) is 11.3 Å². The smallest absolute Gasteiger partial charge is 0.227 e. The van der Waals surface area contributed by atoms with Crippen LogP contribution in [0.25, 0.3) is 10.8 Å². The molecule has 0 N–H and O–H groups in total. The SMILES string of the molecule is CCN(Cc1cccs1)C(=O)Cc1ccc2ccccc2c1. The molecule has 1 aromatic heterocycles. The van der Waals surface area contributed by atoms with Gasteiger partial charge >= 0.3 is 0 Å². The highest BCUT2D eigenvalue weighted by Gasteiger charge is 2.13. The molecule has 3 heteroatoms. The summed E-state index contributed by atoms with van der Waals surface area (Å²) in [6.45, 7) is 3.48. The van der Waals surface area contributed by atoms with Crippen LogP contribution in [0.2, 0.25) is 0 Å². The van der Waals surface area contributed by atoms with Crippen LogP contribution in [0.1, 0.15) is 17.4 Å². The molecule has 0 aliphatic carbocycles. The Labute approximate surface area is 135 Å². The third kappa shape index (κ3) is 3.37. The molecule has 0 atom stereocenters. The number of rotatable bonds is 5. The minimum Gasteiger partial charge on any atom is -0.338 e. The minimum atomic E-state index is 0.186. The van der Waals surface area contributed by atoms with Gasteiger partial charge in [0.2, 0.25) is 5.91 Å². The van der Waals surface area contributed by atoms with Crippen molar-refractivity contribution < 1.29 is 4.79 Å². The van der Waals surface area contributed by atoms with Crippen LogP contribution in [0.5, 0.6) is 0 Å². The summed E-state index contributed by atoms with van der Waals surface area (Å²) in [6, 6.07) is 18.6. The van der Waals surface area contributed by atoms with E-state index >= 15 is 0 Å². The lowest BCUT2D eigenvalue weighted by Gasteiger charge is -2.20. The van der Waals surface area contributed by atoms with E-state index in [1.807, 2.05) is 30.0 Å². The lowest BCUT2D eigenvalue weighted by molar-refractivity contribution is -0.130. The number of carbonyl (C=O) groups is 1. The van der Waals surface area contributed by atoms with Crippen molar-refractivity contribution in [1.82, 2.24) is 4.90 Å². The van der Waals surface area contributed by atoms with E-state index in [4.69, 9.17) is 0 Å². The third-order valence-corrected chi connectivity index (χ3v) is 4.69. The van der Waals surface area contributed by atoms with E-state index in [1.165, 1.54) is 15.6 Å². The molecule has 22 heavy (non-hydrogen) atoms. The number of benzene rings is 2. The van der Waals surface area contributed by atoms with Crippen molar-refractivity contribution in [2.75, 3.05) is 6.54 Å². The molecule has 0 aliphatic rings. The highest BCUT2D eigenvalue weighted by atomic mass is 32.1. The van der Waals surface area contributed by atoms with E-state index < -0.39 is 0 Å². The number of hydrogen-bond donors (Lipinski definition) is 0. The van der Waals surface area contributed by atoms with Gasteiger partial charge in [0.15, 0.2) is 0 Å². The van der Waals surface area contributed by atoms with Gasteiger partial charge in [-0.15, -0.1) is 11.3 Å². The largest absolute Gasteiger partial charge is 0.338 e. The summed E-state index contributed by atoms with van der Waals surface area (Å²) in [6.07, 6.45) is 0.462. The van der Waals surface area contributed by atoms with E-state index in [0.29, 0.717) is 13.0 Å². The molecule has 3 aromatic rings. The molecule has 0 radical (unpaired) electrons. The maximum atomic E-state index is 12.5. The zero-order valence-electron chi connectivity index (χ0n) is 12.7. The standard InChI is InChI=1S/C19H19NOS/c1-2-20(14-18-8-5-11-22-18)19(21)13-15-9-10-16-6-3-4-7-17(16)12-15/h3-12H,2,13-14H2,1H3. The van der Waals surface area contributed by atoms with Crippen molar-refractivity contribution >= 4 is 28.0 Å². The fourth-order valence-electron chi connectivity index (χ4n) is 2.60. The first-order valence-electron chi connectivity index (χ1n) is 7.54. The van der Waals surface area contributed by atoms with Crippen LogP contribution in [-0.4, -0.2) is 17.4 Å². The molecule has 1 heterocycles. The second-order valence-corrected chi connectivity index (χ2v) is 6.38. The van der Waals surface area contributed by atoms with Gasteiger partial charge < -0.3 is 4.90 Å². The van der Waals surface area contributed by atoms with E-state index in [2.05, 4.69) is 41.8 Å². The summed E-state index contributed by atoms with van der Waals surface area (Å²) in [5.41, 5.74) is 1.08. The predicted octanol–water partition coefficient (Wildman–Crippen LogP) is 4.49. The van der Waals surface area contributed by atoms with Crippen LogP contribution in [-0.2, 0) is 17.8 Å². The number of likely N-dealkylation sites (N-methyl/N-ethyl adjacent to an activating group) is 1. The van der Waals surface area contributed by atoms with Crippen LogP contribution < -0.4 is 0 Å². The Balaban J connectivity index is 1.73. The molecule has 0 fully saturated rings. The Morgan fingerprint density at radius 1 is 1.05 bits per heavy atom. The maximum absolute atomic E-state index is 12.5. The second kappa shape index (κ2) is 6.75. The average molecular weight is 309 g/mol. The topological polar surface area (TPSA) is 20.3 Å². The monoisotopic (exact) mass is 309 g/mol. The highest BCUT2D eigenvalue weighted by molar-refractivity contribution is 7.09. The van der Waals surface area contributed by atoms with Crippen LogP contribution in [0.15, 0.2) is 60.0 Å².